The summed E-state index contributed by atoms with van der Waals surface area (Å²) in [6.45, 7) is 5.20. The highest BCUT2D eigenvalue weighted by molar-refractivity contribution is 5.75. The Balaban J connectivity index is 2.27. The minimum atomic E-state index is 0.0817. The van der Waals surface area contributed by atoms with Crippen molar-refractivity contribution in [2.75, 3.05) is 24.1 Å². The van der Waals surface area contributed by atoms with Gasteiger partial charge in [-0.15, -0.1) is 0 Å². The molecule has 0 bridgehead atoms. The van der Waals surface area contributed by atoms with Gasteiger partial charge in [-0.25, -0.2) is 4.98 Å². The van der Waals surface area contributed by atoms with Crippen LogP contribution >= 0.6 is 0 Å². The summed E-state index contributed by atoms with van der Waals surface area (Å²) in [5, 5.41) is 5.97. The maximum Gasteiger partial charge on any atom is 0.219 e. The van der Waals surface area contributed by atoms with Gasteiger partial charge in [0.1, 0.15) is 5.82 Å². The molecule has 0 radical (unpaired) electrons. The maximum absolute atomic E-state index is 11.0. The van der Waals surface area contributed by atoms with Crippen molar-refractivity contribution < 1.29 is 4.79 Å². The number of aromatic nitrogens is 1. The van der Waals surface area contributed by atoms with E-state index in [4.69, 9.17) is 5.73 Å². The van der Waals surface area contributed by atoms with Gasteiger partial charge in [0.05, 0.1) is 5.69 Å². The molecule has 1 rings (SSSR count). The van der Waals surface area contributed by atoms with Crippen LogP contribution in [0.5, 0.6) is 0 Å². The van der Waals surface area contributed by atoms with Gasteiger partial charge < -0.3 is 16.4 Å². The van der Waals surface area contributed by atoms with Gasteiger partial charge in [-0.1, -0.05) is 6.92 Å². The predicted octanol–water partition coefficient (Wildman–Crippen LogP) is 1.30. The molecule has 4 N–H and O–H groups in total. The number of anilines is 2. The van der Waals surface area contributed by atoms with Crippen LogP contribution in [0.1, 0.15) is 25.3 Å². The zero-order valence-electron chi connectivity index (χ0n) is 10.4. The monoisotopic (exact) mass is 236 g/mol. The molecule has 17 heavy (non-hydrogen) atoms. The van der Waals surface area contributed by atoms with E-state index in [0.29, 0.717) is 24.5 Å². The Morgan fingerprint density at radius 2 is 2.24 bits per heavy atom. The van der Waals surface area contributed by atoms with Crippen molar-refractivity contribution in [1.82, 2.24) is 10.3 Å². The molecule has 1 aromatic heterocycles. The SMILES string of the molecule is CCC(=O)NCCCNc1nccc(C)c1N. The number of nitrogen functional groups attached to an aromatic ring is 1. The van der Waals surface area contributed by atoms with Gasteiger partial charge in [-0.3, -0.25) is 4.79 Å². The summed E-state index contributed by atoms with van der Waals surface area (Å²) in [4.78, 5) is 15.1. The molecular weight excluding hydrogens is 216 g/mol. The second-order valence-electron chi connectivity index (χ2n) is 3.87. The molecule has 0 aromatic carbocycles. The lowest BCUT2D eigenvalue weighted by Crippen LogP contribution is -2.24. The van der Waals surface area contributed by atoms with E-state index in [1.807, 2.05) is 19.9 Å². The summed E-state index contributed by atoms with van der Waals surface area (Å²) in [6, 6.07) is 1.88. The number of pyridine rings is 1. The van der Waals surface area contributed by atoms with Gasteiger partial charge >= 0.3 is 0 Å². The average Bonchev–Trinajstić information content (AvgIpc) is 2.33. The van der Waals surface area contributed by atoms with Crippen molar-refractivity contribution in [3.8, 4) is 0 Å². The smallest absolute Gasteiger partial charge is 0.219 e. The summed E-state index contributed by atoms with van der Waals surface area (Å²) in [5.41, 5.74) is 7.57. The van der Waals surface area contributed by atoms with E-state index in [1.165, 1.54) is 0 Å². The van der Waals surface area contributed by atoms with Gasteiger partial charge in [0.2, 0.25) is 5.91 Å². The van der Waals surface area contributed by atoms with Gasteiger partial charge in [-0.05, 0) is 25.0 Å². The fourth-order valence-electron chi connectivity index (χ4n) is 1.36. The maximum atomic E-state index is 11.0. The van der Waals surface area contributed by atoms with Crippen LogP contribution in [-0.4, -0.2) is 24.0 Å². The van der Waals surface area contributed by atoms with E-state index in [-0.39, 0.29) is 5.91 Å². The first kappa shape index (κ1) is 13.3. The molecule has 0 aliphatic rings. The molecule has 5 nitrogen and oxygen atoms in total. The minimum absolute atomic E-state index is 0.0817. The number of hydrogen-bond acceptors (Lipinski definition) is 4. The lowest BCUT2D eigenvalue weighted by molar-refractivity contribution is -0.120. The van der Waals surface area contributed by atoms with Crippen LogP contribution in [0.3, 0.4) is 0 Å². The highest BCUT2D eigenvalue weighted by atomic mass is 16.1. The van der Waals surface area contributed by atoms with Crippen LogP contribution in [-0.2, 0) is 4.79 Å². The number of aryl methyl sites for hydroxylation is 1. The molecule has 1 amide bonds. The molecule has 0 atom stereocenters. The van der Waals surface area contributed by atoms with Crippen molar-refractivity contribution in [3.05, 3.63) is 17.8 Å². The van der Waals surface area contributed by atoms with E-state index in [1.54, 1.807) is 6.20 Å². The van der Waals surface area contributed by atoms with E-state index < -0.39 is 0 Å². The fourth-order valence-corrected chi connectivity index (χ4v) is 1.36. The van der Waals surface area contributed by atoms with E-state index >= 15 is 0 Å². The number of nitrogens with two attached hydrogens (primary N) is 1. The third-order valence-corrected chi connectivity index (χ3v) is 2.50. The predicted molar refractivity (Wildman–Crippen MR) is 69.8 cm³/mol. The second kappa shape index (κ2) is 6.73. The van der Waals surface area contributed by atoms with Crippen LogP contribution in [0.15, 0.2) is 12.3 Å². The topological polar surface area (TPSA) is 80.0 Å². The van der Waals surface area contributed by atoms with Gasteiger partial charge in [0.15, 0.2) is 0 Å². The number of nitrogens with one attached hydrogen (secondary N) is 2. The van der Waals surface area contributed by atoms with Crippen molar-refractivity contribution in [2.24, 2.45) is 0 Å². The highest BCUT2D eigenvalue weighted by Crippen LogP contribution is 2.18. The van der Waals surface area contributed by atoms with Gasteiger partial charge in [0.25, 0.3) is 0 Å². The van der Waals surface area contributed by atoms with Crippen molar-refractivity contribution in [1.29, 1.82) is 0 Å². The average molecular weight is 236 g/mol. The van der Waals surface area contributed by atoms with Crippen LogP contribution in [0.2, 0.25) is 0 Å². The Bertz CT molecular complexity index is 379. The van der Waals surface area contributed by atoms with Gasteiger partial charge in [-0.2, -0.15) is 0 Å². The molecule has 0 saturated carbocycles. The van der Waals surface area contributed by atoms with Crippen LogP contribution in [0.4, 0.5) is 11.5 Å². The molecule has 0 aliphatic carbocycles. The first-order valence-corrected chi connectivity index (χ1v) is 5.86. The Morgan fingerprint density at radius 1 is 1.47 bits per heavy atom. The lowest BCUT2D eigenvalue weighted by Gasteiger charge is -2.09. The highest BCUT2D eigenvalue weighted by Gasteiger charge is 2.01. The molecule has 94 valence electrons. The minimum Gasteiger partial charge on any atom is -0.396 e. The first-order chi connectivity index (χ1) is 8.15. The normalized spacial score (nSPS) is 10.0. The number of carbonyl (C=O) groups is 1. The Labute approximate surface area is 102 Å². The molecule has 0 spiro atoms. The van der Waals surface area contributed by atoms with E-state index in [2.05, 4.69) is 15.6 Å². The number of hydrogen-bond donors (Lipinski definition) is 3. The largest absolute Gasteiger partial charge is 0.396 e. The van der Waals surface area contributed by atoms with E-state index in [9.17, 15) is 4.79 Å². The molecule has 0 saturated heterocycles. The summed E-state index contributed by atoms with van der Waals surface area (Å²) >= 11 is 0. The summed E-state index contributed by atoms with van der Waals surface area (Å²) in [5.74, 6) is 0.796. The molecule has 0 aliphatic heterocycles. The number of rotatable bonds is 6. The zero-order valence-corrected chi connectivity index (χ0v) is 10.4. The summed E-state index contributed by atoms with van der Waals surface area (Å²) in [7, 11) is 0. The first-order valence-electron chi connectivity index (χ1n) is 5.86. The lowest BCUT2D eigenvalue weighted by atomic mass is 10.2. The Morgan fingerprint density at radius 3 is 2.94 bits per heavy atom. The second-order valence-corrected chi connectivity index (χ2v) is 3.87. The third-order valence-electron chi connectivity index (χ3n) is 2.50. The van der Waals surface area contributed by atoms with Crippen molar-refractivity contribution in [2.45, 2.75) is 26.7 Å². The molecule has 0 fully saturated rings. The molecule has 1 heterocycles. The zero-order chi connectivity index (χ0) is 12.7. The van der Waals surface area contributed by atoms with E-state index in [0.717, 1.165) is 18.5 Å². The number of amides is 1. The van der Waals surface area contributed by atoms with Crippen LogP contribution in [0, 0.1) is 6.92 Å². The summed E-state index contributed by atoms with van der Waals surface area (Å²) in [6.07, 6.45) is 3.10. The van der Waals surface area contributed by atoms with Crippen LogP contribution in [0.25, 0.3) is 0 Å². The number of carbonyl (C=O) groups excluding carboxylic acids is 1. The van der Waals surface area contributed by atoms with Crippen molar-refractivity contribution in [3.63, 3.8) is 0 Å². The quantitative estimate of drug-likeness (QED) is 0.650. The Hall–Kier alpha value is -1.78. The van der Waals surface area contributed by atoms with Gasteiger partial charge in [0, 0.05) is 25.7 Å². The van der Waals surface area contributed by atoms with Crippen LogP contribution < -0.4 is 16.4 Å². The standard InChI is InChI=1S/C12H20N4O/c1-3-10(17)14-6-4-7-15-12-11(13)9(2)5-8-16-12/h5,8H,3-4,6-7,13H2,1-2H3,(H,14,17)(H,15,16). The third kappa shape index (κ3) is 4.30. The summed E-state index contributed by atoms with van der Waals surface area (Å²) < 4.78 is 0. The molecule has 1 aromatic rings. The number of nitrogens with zero attached hydrogens (tertiary/aromatic N) is 1. The fraction of sp³-hybridized carbons (Fsp3) is 0.500. The molecular formula is C12H20N4O. The van der Waals surface area contributed by atoms with Crippen molar-refractivity contribution >= 4 is 17.4 Å². The molecule has 5 heteroatoms. The molecule has 0 unspecified atom stereocenters. The Kier molecular flexibility index (Phi) is 5.26.